The van der Waals surface area contributed by atoms with Crippen molar-refractivity contribution in [3.8, 4) is 0 Å². The lowest BCUT2D eigenvalue weighted by molar-refractivity contribution is 0.0940. The van der Waals surface area contributed by atoms with Gasteiger partial charge < -0.3 is 10.3 Å². The third kappa shape index (κ3) is 4.42. The Balaban J connectivity index is 2.00. The third-order valence-corrected chi connectivity index (χ3v) is 5.51. The molecule has 1 saturated heterocycles. The summed E-state index contributed by atoms with van der Waals surface area (Å²) in [6.45, 7) is 4.90. The monoisotopic (exact) mass is 341 g/mol. The van der Waals surface area contributed by atoms with Crippen LogP contribution in [0.5, 0.6) is 0 Å². The maximum absolute atomic E-state index is 12.2. The van der Waals surface area contributed by atoms with Gasteiger partial charge in [-0.1, -0.05) is 0 Å². The van der Waals surface area contributed by atoms with Gasteiger partial charge in [0.2, 0.25) is 10.0 Å². The van der Waals surface area contributed by atoms with Crippen LogP contribution in [0.2, 0.25) is 0 Å². The minimum absolute atomic E-state index is 0.0630. The van der Waals surface area contributed by atoms with Crippen molar-refractivity contribution in [1.29, 1.82) is 0 Å². The van der Waals surface area contributed by atoms with Crippen LogP contribution in [0.25, 0.3) is 0 Å². The van der Waals surface area contributed by atoms with Gasteiger partial charge in [0.05, 0.1) is 6.26 Å². The minimum Gasteiger partial charge on any atom is -0.352 e. The van der Waals surface area contributed by atoms with Crippen molar-refractivity contribution in [1.82, 2.24) is 14.6 Å². The van der Waals surface area contributed by atoms with Crippen LogP contribution in [0, 0.1) is 19.8 Å². The van der Waals surface area contributed by atoms with E-state index in [1.165, 1.54) is 10.6 Å². The number of nitrogens with zero attached hydrogens (tertiary/aromatic N) is 1. The van der Waals surface area contributed by atoms with Crippen molar-refractivity contribution in [3.63, 3.8) is 0 Å². The van der Waals surface area contributed by atoms with Gasteiger partial charge in [0, 0.05) is 25.3 Å². The normalized spacial score (nSPS) is 19.5. The Bertz CT molecular complexity index is 754. The van der Waals surface area contributed by atoms with E-state index in [1.54, 1.807) is 13.0 Å². The molecule has 1 unspecified atom stereocenters. The number of H-pyrrole nitrogens is 1. The number of aryl methyl sites for hydroxylation is 2. The van der Waals surface area contributed by atoms with Crippen LogP contribution in [0.4, 0.5) is 0 Å². The zero-order valence-electron chi connectivity index (χ0n) is 13.7. The summed E-state index contributed by atoms with van der Waals surface area (Å²) in [6, 6.07) is 1.58. The molecule has 0 radical (unpaired) electrons. The molecule has 1 aromatic heterocycles. The average molecular weight is 341 g/mol. The summed E-state index contributed by atoms with van der Waals surface area (Å²) in [7, 11) is -3.20. The van der Waals surface area contributed by atoms with Gasteiger partial charge in [0.15, 0.2) is 0 Å². The second-order valence-electron chi connectivity index (χ2n) is 6.16. The summed E-state index contributed by atoms with van der Waals surface area (Å²) in [6.07, 6.45) is 2.83. The first-order valence-electron chi connectivity index (χ1n) is 7.62. The molecule has 8 heteroatoms. The minimum atomic E-state index is -3.20. The van der Waals surface area contributed by atoms with Gasteiger partial charge in [0.25, 0.3) is 11.5 Å². The SMILES string of the molecule is Cc1cc(C(=O)NCC2CCCN(S(C)(=O)=O)C2)c(=O)[nH]c1C. The summed E-state index contributed by atoms with van der Waals surface area (Å²) >= 11 is 0. The molecule has 0 bridgehead atoms. The molecular weight excluding hydrogens is 318 g/mol. The fraction of sp³-hybridized carbons (Fsp3) is 0.600. The van der Waals surface area contributed by atoms with Crippen molar-refractivity contribution < 1.29 is 13.2 Å². The maximum atomic E-state index is 12.2. The summed E-state index contributed by atoms with van der Waals surface area (Å²) in [4.78, 5) is 26.7. The first kappa shape index (κ1) is 17.7. The zero-order chi connectivity index (χ0) is 17.2. The first-order chi connectivity index (χ1) is 10.7. The molecule has 2 heterocycles. The highest BCUT2D eigenvalue weighted by molar-refractivity contribution is 7.88. The number of sulfonamides is 1. The molecule has 0 aromatic carbocycles. The molecule has 23 heavy (non-hydrogen) atoms. The number of nitrogens with one attached hydrogen (secondary N) is 2. The van der Waals surface area contributed by atoms with Gasteiger partial charge in [-0.05, 0) is 44.2 Å². The largest absolute Gasteiger partial charge is 0.352 e. The van der Waals surface area contributed by atoms with Crippen molar-refractivity contribution in [2.24, 2.45) is 5.92 Å². The quantitative estimate of drug-likeness (QED) is 0.827. The number of rotatable bonds is 4. The van der Waals surface area contributed by atoms with Crippen molar-refractivity contribution in [2.45, 2.75) is 26.7 Å². The molecule has 1 atom stereocenters. The van der Waals surface area contributed by atoms with E-state index in [0.717, 1.165) is 24.1 Å². The summed E-state index contributed by atoms with van der Waals surface area (Å²) in [5.74, 6) is -0.362. The summed E-state index contributed by atoms with van der Waals surface area (Å²) in [5, 5.41) is 2.75. The number of hydrogen-bond acceptors (Lipinski definition) is 4. The number of pyridine rings is 1. The van der Waals surface area contributed by atoms with Gasteiger partial charge in [-0.3, -0.25) is 9.59 Å². The molecule has 0 saturated carbocycles. The van der Waals surface area contributed by atoms with Crippen molar-refractivity contribution in [2.75, 3.05) is 25.9 Å². The highest BCUT2D eigenvalue weighted by Crippen LogP contribution is 2.18. The van der Waals surface area contributed by atoms with Crippen LogP contribution >= 0.6 is 0 Å². The van der Waals surface area contributed by atoms with Crippen LogP contribution in [-0.2, 0) is 10.0 Å². The number of aromatic nitrogens is 1. The number of carbonyl (C=O) groups excluding carboxylic acids is 1. The van der Waals surface area contributed by atoms with Crippen molar-refractivity contribution in [3.05, 3.63) is 33.2 Å². The highest BCUT2D eigenvalue weighted by atomic mass is 32.2. The summed E-state index contributed by atoms with van der Waals surface area (Å²) < 4.78 is 24.6. The van der Waals surface area contributed by atoms with Crippen LogP contribution in [0.3, 0.4) is 0 Å². The molecule has 128 valence electrons. The Labute approximate surface area is 136 Å². The van der Waals surface area contributed by atoms with Gasteiger partial charge >= 0.3 is 0 Å². The van der Waals surface area contributed by atoms with E-state index in [1.807, 2.05) is 6.92 Å². The number of carbonyl (C=O) groups is 1. The van der Waals surface area contributed by atoms with E-state index in [2.05, 4.69) is 10.3 Å². The lowest BCUT2D eigenvalue weighted by Gasteiger charge is -2.30. The molecule has 1 fully saturated rings. The van der Waals surface area contributed by atoms with Gasteiger partial charge in [-0.2, -0.15) is 0 Å². The second-order valence-corrected chi connectivity index (χ2v) is 8.14. The molecule has 7 nitrogen and oxygen atoms in total. The average Bonchev–Trinajstić information content (AvgIpc) is 2.48. The topological polar surface area (TPSA) is 99.3 Å². The highest BCUT2D eigenvalue weighted by Gasteiger charge is 2.26. The second kappa shape index (κ2) is 6.84. The lowest BCUT2D eigenvalue weighted by atomic mass is 9.99. The Morgan fingerprint density at radius 3 is 2.78 bits per heavy atom. The number of amides is 1. The predicted molar refractivity (Wildman–Crippen MR) is 88.0 cm³/mol. The fourth-order valence-corrected chi connectivity index (χ4v) is 3.66. The summed E-state index contributed by atoms with van der Waals surface area (Å²) in [5.41, 5.74) is 1.26. The van der Waals surface area contributed by atoms with E-state index in [0.29, 0.717) is 19.6 Å². The standard InChI is InChI=1S/C15H23N3O4S/c1-10-7-13(15(20)17-11(10)2)14(19)16-8-12-5-4-6-18(9-12)23(3,21)22/h7,12H,4-6,8-9H2,1-3H3,(H,16,19)(H,17,20). The Morgan fingerprint density at radius 1 is 1.43 bits per heavy atom. The number of aromatic amines is 1. The van der Waals surface area contributed by atoms with Crippen LogP contribution in [0.1, 0.15) is 34.5 Å². The van der Waals surface area contributed by atoms with Crippen molar-refractivity contribution >= 4 is 15.9 Å². The Hall–Kier alpha value is -1.67. The lowest BCUT2D eigenvalue weighted by Crippen LogP contribution is -2.43. The predicted octanol–water partition coefficient (Wildman–Crippen LogP) is 0.393. The van der Waals surface area contributed by atoms with Gasteiger partial charge in [-0.15, -0.1) is 0 Å². The van der Waals surface area contributed by atoms with E-state index in [-0.39, 0.29) is 11.5 Å². The Kier molecular flexibility index (Phi) is 5.26. The van der Waals surface area contributed by atoms with Gasteiger partial charge in [-0.25, -0.2) is 12.7 Å². The van der Waals surface area contributed by atoms with E-state index in [9.17, 15) is 18.0 Å². The smallest absolute Gasteiger partial charge is 0.261 e. The van der Waals surface area contributed by atoms with Crippen LogP contribution in [-0.4, -0.2) is 49.5 Å². The van der Waals surface area contributed by atoms with E-state index >= 15 is 0 Å². The molecule has 1 aliphatic rings. The molecule has 1 amide bonds. The molecular formula is C15H23N3O4S. The van der Waals surface area contributed by atoms with Crippen LogP contribution in [0.15, 0.2) is 10.9 Å². The maximum Gasteiger partial charge on any atom is 0.261 e. The van der Waals surface area contributed by atoms with Gasteiger partial charge in [0.1, 0.15) is 5.56 Å². The molecule has 2 N–H and O–H groups in total. The zero-order valence-corrected chi connectivity index (χ0v) is 14.5. The number of piperidine rings is 1. The molecule has 1 aliphatic heterocycles. The van der Waals surface area contributed by atoms with E-state index in [4.69, 9.17) is 0 Å². The molecule has 0 aliphatic carbocycles. The van der Waals surface area contributed by atoms with E-state index < -0.39 is 21.5 Å². The molecule has 2 rings (SSSR count). The third-order valence-electron chi connectivity index (χ3n) is 4.24. The molecule has 1 aromatic rings. The van der Waals surface area contributed by atoms with Crippen LogP contribution < -0.4 is 10.9 Å². The molecule has 0 spiro atoms. The fourth-order valence-electron chi connectivity index (χ4n) is 2.72. The Morgan fingerprint density at radius 2 is 2.13 bits per heavy atom. The first-order valence-corrected chi connectivity index (χ1v) is 9.47. The number of hydrogen-bond donors (Lipinski definition) is 2.